The summed E-state index contributed by atoms with van der Waals surface area (Å²) in [5, 5.41) is 15.8. The minimum atomic E-state index is -0.296. The first-order chi connectivity index (χ1) is 13.2. The van der Waals surface area contributed by atoms with E-state index in [2.05, 4.69) is 20.6 Å². The minimum absolute atomic E-state index is 0.102. The number of nitrogens with one attached hydrogen (secondary N) is 1. The lowest BCUT2D eigenvalue weighted by Crippen LogP contribution is -2.20. The lowest BCUT2D eigenvalue weighted by atomic mass is 10.2. The number of para-hydroxylation sites is 1. The van der Waals surface area contributed by atoms with Crippen LogP contribution in [0.25, 0.3) is 16.3 Å². The highest BCUT2D eigenvalue weighted by atomic mass is 32.1. The van der Waals surface area contributed by atoms with E-state index in [-0.39, 0.29) is 12.5 Å². The van der Waals surface area contributed by atoms with Gasteiger partial charge >= 0.3 is 0 Å². The molecule has 4 rings (SSSR count). The quantitative estimate of drug-likeness (QED) is 0.552. The molecule has 1 N–H and O–H groups in total. The molecule has 0 aliphatic rings. The van der Waals surface area contributed by atoms with Crippen LogP contribution in [-0.2, 0) is 4.79 Å². The topological polar surface area (TPSA) is 90.6 Å². The monoisotopic (exact) mass is 381 g/mol. The summed E-state index contributed by atoms with van der Waals surface area (Å²) in [5.74, 6) is 1.68. The van der Waals surface area contributed by atoms with Gasteiger partial charge in [0.2, 0.25) is 10.1 Å². The summed E-state index contributed by atoms with van der Waals surface area (Å²) in [6, 6.07) is 16.6. The highest BCUT2D eigenvalue weighted by Gasteiger charge is 2.15. The largest absolute Gasteiger partial charge is 0.497 e. The zero-order chi connectivity index (χ0) is 18.6. The van der Waals surface area contributed by atoms with Gasteiger partial charge in [0.15, 0.2) is 12.4 Å². The highest BCUT2D eigenvalue weighted by Crippen LogP contribution is 2.25. The standard InChI is InChI=1S/C18H15N5O3S/c1-25-13-9-7-12(8-10-13)16-20-21-18-23(16)22-17(27-18)19-15(24)11-26-14-5-3-2-4-6-14/h2-10H,11H2,1H3,(H,19,22,24). The van der Waals surface area contributed by atoms with Gasteiger partial charge in [0.05, 0.1) is 7.11 Å². The predicted molar refractivity (Wildman–Crippen MR) is 101 cm³/mol. The molecule has 27 heavy (non-hydrogen) atoms. The second kappa shape index (κ2) is 7.42. The molecule has 0 saturated carbocycles. The predicted octanol–water partition coefficient (Wildman–Crippen LogP) is 2.88. The molecule has 0 saturated heterocycles. The van der Waals surface area contributed by atoms with Crippen molar-refractivity contribution in [2.45, 2.75) is 0 Å². The van der Waals surface area contributed by atoms with Crippen LogP contribution in [0.1, 0.15) is 0 Å². The van der Waals surface area contributed by atoms with Crippen LogP contribution in [0, 0.1) is 0 Å². The van der Waals surface area contributed by atoms with Crippen molar-refractivity contribution in [2.24, 2.45) is 0 Å². The number of amides is 1. The summed E-state index contributed by atoms with van der Waals surface area (Å²) >= 11 is 1.24. The molecule has 0 unspecified atom stereocenters. The van der Waals surface area contributed by atoms with E-state index in [1.165, 1.54) is 11.3 Å². The molecule has 136 valence electrons. The highest BCUT2D eigenvalue weighted by molar-refractivity contribution is 7.20. The van der Waals surface area contributed by atoms with Crippen molar-refractivity contribution in [2.75, 3.05) is 19.0 Å². The second-order valence-corrected chi connectivity index (χ2v) is 6.46. The third kappa shape index (κ3) is 3.72. The molecule has 2 aromatic carbocycles. The van der Waals surface area contributed by atoms with Gasteiger partial charge in [0, 0.05) is 5.56 Å². The number of ether oxygens (including phenoxy) is 2. The molecule has 0 fully saturated rings. The Hall–Kier alpha value is -3.46. The van der Waals surface area contributed by atoms with Crippen molar-refractivity contribution in [3.63, 3.8) is 0 Å². The van der Waals surface area contributed by atoms with E-state index in [9.17, 15) is 4.79 Å². The van der Waals surface area contributed by atoms with E-state index in [1.54, 1.807) is 23.8 Å². The number of hydrogen-bond acceptors (Lipinski definition) is 7. The Kier molecular flexibility index (Phi) is 4.67. The molecule has 0 aliphatic heterocycles. The van der Waals surface area contributed by atoms with Crippen LogP contribution in [0.4, 0.5) is 5.13 Å². The number of carbonyl (C=O) groups excluding carboxylic acids is 1. The molecule has 4 aromatic rings. The molecule has 0 spiro atoms. The van der Waals surface area contributed by atoms with E-state index in [0.29, 0.717) is 21.7 Å². The fraction of sp³-hybridized carbons (Fsp3) is 0.111. The van der Waals surface area contributed by atoms with Crippen LogP contribution in [0.15, 0.2) is 54.6 Å². The normalized spacial score (nSPS) is 10.7. The molecule has 8 nitrogen and oxygen atoms in total. The van der Waals surface area contributed by atoms with Crippen molar-refractivity contribution in [1.82, 2.24) is 19.8 Å². The summed E-state index contributed by atoms with van der Waals surface area (Å²) in [6.07, 6.45) is 0. The summed E-state index contributed by atoms with van der Waals surface area (Å²) in [4.78, 5) is 12.7. The average molecular weight is 381 g/mol. The minimum Gasteiger partial charge on any atom is -0.497 e. The van der Waals surface area contributed by atoms with E-state index in [1.807, 2.05) is 42.5 Å². The van der Waals surface area contributed by atoms with Gasteiger partial charge in [-0.05, 0) is 36.4 Å². The number of aromatic nitrogens is 4. The van der Waals surface area contributed by atoms with Gasteiger partial charge < -0.3 is 9.47 Å². The Balaban J connectivity index is 1.47. The van der Waals surface area contributed by atoms with Gasteiger partial charge in [-0.2, -0.15) is 4.52 Å². The molecule has 9 heteroatoms. The van der Waals surface area contributed by atoms with Crippen molar-refractivity contribution < 1.29 is 14.3 Å². The Labute approximate surface area is 158 Å². The van der Waals surface area contributed by atoms with Gasteiger partial charge in [0.1, 0.15) is 11.5 Å². The third-order valence-corrected chi connectivity index (χ3v) is 4.51. The van der Waals surface area contributed by atoms with Gasteiger partial charge in [-0.1, -0.05) is 29.5 Å². The van der Waals surface area contributed by atoms with E-state index >= 15 is 0 Å². The van der Waals surface area contributed by atoms with E-state index < -0.39 is 0 Å². The first-order valence-corrected chi connectivity index (χ1v) is 8.89. The Morgan fingerprint density at radius 1 is 1.07 bits per heavy atom. The van der Waals surface area contributed by atoms with Crippen LogP contribution in [0.5, 0.6) is 11.5 Å². The van der Waals surface area contributed by atoms with Crippen LogP contribution in [0.2, 0.25) is 0 Å². The van der Waals surface area contributed by atoms with E-state index in [4.69, 9.17) is 9.47 Å². The lowest BCUT2D eigenvalue weighted by Gasteiger charge is -2.04. The zero-order valence-electron chi connectivity index (χ0n) is 14.3. The van der Waals surface area contributed by atoms with Crippen LogP contribution in [-0.4, -0.2) is 39.4 Å². The van der Waals surface area contributed by atoms with E-state index in [0.717, 1.165) is 11.3 Å². The lowest BCUT2D eigenvalue weighted by molar-refractivity contribution is -0.118. The van der Waals surface area contributed by atoms with Gasteiger partial charge in [-0.3, -0.25) is 10.1 Å². The van der Waals surface area contributed by atoms with Crippen LogP contribution < -0.4 is 14.8 Å². The smallest absolute Gasteiger partial charge is 0.264 e. The maximum absolute atomic E-state index is 12.1. The first kappa shape index (κ1) is 17.0. The fourth-order valence-corrected chi connectivity index (χ4v) is 3.16. The maximum atomic E-state index is 12.1. The van der Waals surface area contributed by atoms with Crippen LogP contribution >= 0.6 is 11.3 Å². The van der Waals surface area contributed by atoms with Gasteiger partial charge in [-0.25, -0.2) is 0 Å². The molecule has 2 aromatic heterocycles. The molecule has 2 heterocycles. The number of benzene rings is 2. The zero-order valence-corrected chi connectivity index (χ0v) is 15.1. The number of rotatable bonds is 6. The number of nitrogens with zero attached hydrogens (tertiary/aromatic N) is 4. The summed E-state index contributed by atoms with van der Waals surface area (Å²) in [7, 11) is 1.61. The molecule has 0 radical (unpaired) electrons. The summed E-state index contributed by atoms with van der Waals surface area (Å²) in [5.41, 5.74) is 0.846. The van der Waals surface area contributed by atoms with Crippen molar-refractivity contribution in [3.05, 3.63) is 54.6 Å². The third-order valence-electron chi connectivity index (χ3n) is 3.70. The van der Waals surface area contributed by atoms with Crippen molar-refractivity contribution >= 4 is 27.3 Å². The number of carbonyl (C=O) groups is 1. The Morgan fingerprint density at radius 2 is 1.85 bits per heavy atom. The average Bonchev–Trinajstić information content (AvgIpc) is 3.27. The Morgan fingerprint density at radius 3 is 2.59 bits per heavy atom. The number of fused-ring (bicyclic) bond motifs is 1. The molecular formula is C18H15N5O3S. The molecule has 0 bridgehead atoms. The molecule has 0 atom stereocenters. The summed E-state index contributed by atoms with van der Waals surface area (Å²) in [6.45, 7) is -0.102. The SMILES string of the molecule is COc1ccc(-c2nnc3sc(NC(=O)COc4ccccc4)nn23)cc1. The fourth-order valence-electron chi connectivity index (χ4n) is 2.41. The number of hydrogen-bond donors (Lipinski definition) is 1. The number of methoxy groups -OCH3 is 1. The summed E-state index contributed by atoms with van der Waals surface area (Å²) < 4.78 is 12.2. The molecular weight excluding hydrogens is 366 g/mol. The number of anilines is 1. The van der Waals surface area contributed by atoms with Gasteiger partial charge in [-0.15, -0.1) is 15.3 Å². The van der Waals surface area contributed by atoms with Crippen LogP contribution in [0.3, 0.4) is 0 Å². The van der Waals surface area contributed by atoms with Crippen molar-refractivity contribution in [1.29, 1.82) is 0 Å². The van der Waals surface area contributed by atoms with Gasteiger partial charge in [0.25, 0.3) is 5.91 Å². The maximum Gasteiger partial charge on any atom is 0.264 e. The molecule has 0 aliphatic carbocycles. The first-order valence-electron chi connectivity index (χ1n) is 8.07. The van der Waals surface area contributed by atoms with Crippen molar-refractivity contribution in [3.8, 4) is 22.9 Å². The Bertz CT molecular complexity index is 1060. The molecule has 1 amide bonds. The second-order valence-electron chi connectivity index (χ2n) is 5.50.